The summed E-state index contributed by atoms with van der Waals surface area (Å²) >= 11 is 12.0. The van der Waals surface area contributed by atoms with Crippen LogP contribution in [0.3, 0.4) is 0 Å². The Morgan fingerprint density at radius 2 is 1.97 bits per heavy atom. The topological polar surface area (TPSA) is 102 Å². The molecule has 0 spiro atoms. The Hall–Kier alpha value is -2.49. The van der Waals surface area contributed by atoms with Gasteiger partial charge in [-0.05, 0) is 43.3 Å². The molecule has 1 unspecified atom stereocenters. The number of nitrogens with one attached hydrogen (secondary N) is 1. The molecule has 0 saturated carbocycles. The fourth-order valence-electron chi connectivity index (χ4n) is 2.87. The summed E-state index contributed by atoms with van der Waals surface area (Å²) < 4.78 is 36.2. The lowest BCUT2D eigenvalue weighted by molar-refractivity contribution is -0.122. The van der Waals surface area contributed by atoms with Crippen molar-refractivity contribution in [3.05, 3.63) is 52.0 Å². The summed E-state index contributed by atoms with van der Waals surface area (Å²) in [4.78, 5) is 24.8. The van der Waals surface area contributed by atoms with Gasteiger partial charge in [0.2, 0.25) is 10.0 Å². The Morgan fingerprint density at radius 3 is 2.63 bits per heavy atom. The van der Waals surface area contributed by atoms with E-state index in [9.17, 15) is 18.0 Å². The average Bonchev–Trinajstić information content (AvgIpc) is 2.67. The predicted octanol–water partition coefficient (Wildman–Crippen LogP) is 3.34. The van der Waals surface area contributed by atoms with Crippen LogP contribution in [-0.4, -0.2) is 45.8 Å². The van der Waals surface area contributed by atoms with Crippen molar-refractivity contribution in [1.82, 2.24) is 0 Å². The van der Waals surface area contributed by atoms with Gasteiger partial charge in [-0.2, -0.15) is 0 Å². The number of halogens is 2. The maximum absolute atomic E-state index is 12.8. The third-order valence-corrected chi connectivity index (χ3v) is 5.92. The van der Waals surface area contributed by atoms with Crippen LogP contribution in [0.5, 0.6) is 5.75 Å². The second-order valence-corrected chi connectivity index (χ2v) is 9.17. The van der Waals surface area contributed by atoms with Crippen molar-refractivity contribution in [2.45, 2.75) is 13.0 Å². The van der Waals surface area contributed by atoms with Crippen LogP contribution >= 0.6 is 23.2 Å². The lowest BCUT2D eigenvalue weighted by atomic mass is 10.1. The smallest absolute Gasteiger partial charge is 0.339 e. The predicted molar refractivity (Wildman–Crippen MR) is 114 cm³/mol. The van der Waals surface area contributed by atoms with Crippen LogP contribution < -0.4 is 14.4 Å². The van der Waals surface area contributed by atoms with Crippen LogP contribution in [0, 0.1) is 0 Å². The van der Waals surface area contributed by atoms with Gasteiger partial charge in [0.05, 0.1) is 35.7 Å². The molecule has 8 nitrogen and oxygen atoms in total. The number of amides is 1. The number of benzene rings is 2. The van der Waals surface area contributed by atoms with Crippen LogP contribution in [0.15, 0.2) is 36.4 Å². The molecule has 0 aromatic heterocycles. The second kappa shape index (κ2) is 8.71. The fourth-order valence-corrected chi connectivity index (χ4v) is 4.13. The van der Waals surface area contributed by atoms with Crippen molar-refractivity contribution in [3.63, 3.8) is 0 Å². The lowest BCUT2D eigenvalue weighted by Gasteiger charge is -2.34. The highest BCUT2D eigenvalue weighted by Crippen LogP contribution is 2.37. The monoisotopic (exact) mass is 472 g/mol. The van der Waals surface area contributed by atoms with Gasteiger partial charge >= 0.3 is 5.97 Å². The molecule has 1 N–H and O–H groups in total. The highest BCUT2D eigenvalue weighted by Gasteiger charge is 2.35. The van der Waals surface area contributed by atoms with Gasteiger partial charge in [0.25, 0.3) is 5.91 Å². The number of ether oxygens (including phenoxy) is 2. The van der Waals surface area contributed by atoms with Gasteiger partial charge in [-0.3, -0.25) is 9.10 Å². The minimum absolute atomic E-state index is 0.0960. The highest BCUT2D eigenvalue weighted by atomic mass is 35.5. The molecular weight excluding hydrogens is 455 g/mol. The zero-order chi connectivity index (χ0) is 22.1. The summed E-state index contributed by atoms with van der Waals surface area (Å²) in [7, 11) is -3.69. The van der Waals surface area contributed by atoms with Crippen molar-refractivity contribution in [2.75, 3.05) is 29.0 Å². The summed E-state index contributed by atoms with van der Waals surface area (Å²) in [5.41, 5.74) is 0.632. The van der Waals surface area contributed by atoms with Gasteiger partial charge in [-0.15, -0.1) is 0 Å². The first-order chi connectivity index (χ1) is 14.1. The number of hydrogen-bond acceptors (Lipinski definition) is 6. The molecule has 11 heteroatoms. The van der Waals surface area contributed by atoms with Gasteiger partial charge in [0, 0.05) is 10.7 Å². The number of sulfonamides is 1. The van der Waals surface area contributed by atoms with Crippen LogP contribution in [0.4, 0.5) is 11.4 Å². The molecule has 30 heavy (non-hydrogen) atoms. The van der Waals surface area contributed by atoms with Crippen molar-refractivity contribution >= 4 is 56.5 Å². The number of fused-ring (bicyclic) bond motifs is 1. The molecule has 1 heterocycles. The Bertz CT molecular complexity index is 1110. The van der Waals surface area contributed by atoms with Crippen molar-refractivity contribution < 1.29 is 27.5 Å². The summed E-state index contributed by atoms with van der Waals surface area (Å²) in [6, 6.07) is 8.82. The number of esters is 1. The van der Waals surface area contributed by atoms with E-state index in [0.29, 0.717) is 5.02 Å². The van der Waals surface area contributed by atoms with Gasteiger partial charge in [0.1, 0.15) is 5.75 Å². The minimum atomic E-state index is -3.69. The summed E-state index contributed by atoms with van der Waals surface area (Å²) in [6.07, 6.45) is -0.0990. The molecule has 2 aromatic carbocycles. The molecule has 160 valence electrons. The lowest BCUT2D eigenvalue weighted by Crippen LogP contribution is -2.48. The van der Waals surface area contributed by atoms with E-state index in [2.05, 4.69) is 5.32 Å². The van der Waals surface area contributed by atoms with E-state index in [1.165, 1.54) is 36.4 Å². The zero-order valence-corrected chi connectivity index (χ0v) is 18.3. The maximum Gasteiger partial charge on any atom is 0.339 e. The largest absolute Gasteiger partial charge is 0.476 e. The SMILES string of the molecule is CCOC(=O)c1cc(NC(=O)C2CN(S(C)(=O)=O)c3cc(Cl)ccc3O2)ccc1Cl. The third kappa shape index (κ3) is 4.80. The molecule has 0 aliphatic carbocycles. The van der Waals surface area contributed by atoms with E-state index >= 15 is 0 Å². The Labute approximate surface area is 183 Å². The molecule has 1 atom stereocenters. The summed E-state index contributed by atoms with van der Waals surface area (Å²) in [5, 5.41) is 3.12. The van der Waals surface area contributed by atoms with E-state index in [1.807, 2.05) is 0 Å². The molecule has 0 radical (unpaired) electrons. The zero-order valence-electron chi connectivity index (χ0n) is 16.0. The second-order valence-electron chi connectivity index (χ2n) is 6.42. The van der Waals surface area contributed by atoms with Crippen LogP contribution in [0.2, 0.25) is 10.0 Å². The summed E-state index contributed by atoms with van der Waals surface area (Å²) in [5.74, 6) is -1.01. The van der Waals surface area contributed by atoms with Crippen molar-refractivity contribution in [2.24, 2.45) is 0 Å². The van der Waals surface area contributed by atoms with Crippen LogP contribution in [0.25, 0.3) is 0 Å². The number of anilines is 2. The Kier molecular flexibility index (Phi) is 6.44. The Balaban J connectivity index is 1.85. The van der Waals surface area contributed by atoms with E-state index in [4.69, 9.17) is 32.7 Å². The molecule has 0 bridgehead atoms. The van der Waals surface area contributed by atoms with Crippen LogP contribution in [-0.2, 0) is 19.6 Å². The van der Waals surface area contributed by atoms with Gasteiger partial charge in [-0.1, -0.05) is 23.2 Å². The van der Waals surface area contributed by atoms with Crippen LogP contribution in [0.1, 0.15) is 17.3 Å². The molecule has 0 fully saturated rings. The number of carbonyl (C=O) groups is 2. The number of rotatable bonds is 5. The molecule has 1 aliphatic heterocycles. The first-order valence-corrected chi connectivity index (χ1v) is 11.4. The van der Waals surface area contributed by atoms with E-state index in [1.54, 1.807) is 6.92 Å². The fraction of sp³-hybridized carbons (Fsp3) is 0.263. The van der Waals surface area contributed by atoms with Crippen molar-refractivity contribution in [1.29, 1.82) is 0 Å². The first-order valence-electron chi connectivity index (χ1n) is 8.81. The van der Waals surface area contributed by atoms with Gasteiger partial charge in [0.15, 0.2) is 6.10 Å². The van der Waals surface area contributed by atoms with E-state index in [-0.39, 0.29) is 40.9 Å². The van der Waals surface area contributed by atoms with Gasteiger partial charge < -0.3 is 14.8 Å². The normalized spacial score (nSPS) is 15.7. The molecule has 2 aromatic rings. The third-order valence-electron chi connectivity index (χ3n) is 4.21. The first kappa shape index (κ1) is 22.2. The highest BCUT2D eigenvalue weighted by molar-refractivity contribution is 7.92. The molecule has 1 aliphatic rings. The molecule has 1 amide bonds. The van der Waals surface area contributed by atoms with E-state index in [0.717, 1.165) is 10.6 Å². The minimum Gasteiger partial charge on any atom is -0.476 e. The molecular formula is C19H18Cl2N2O6S. The quantitative estimate of drug-likeness (QED) is 0.669. The number of hydrogen-bond donors (Lipinski definition) is 1. The maximum atomic E-state index is 12.8. The number of carbonyl (C=O) groups excluding carboxylic acids is 2. The van der Waals surface area contributed by atoms with Gasteiger partial charge in [-0.25, -0.2) is 13.2 Å². The van der Waals surface area contributed by atoms with E-state index < -0.39 is 28.0 Å². The molecule has 3 rings (SSSR count). The molecule has 0 saturated heterocycles. The number of nitrogens with zero attached hydrogens (tertiary/aromatic N) is 1. The van der Waals surface area contributed by atoms with Crippen molar-refractivity contribution in [3.8, 4) is 5.75 Å². The Morgan fingerprint density at radius 1 is 1.23 bits per heavy atom. The summed E-state index contributed by atoms with van der Waals surface area (Å²) in [6.45, 7) is 1.60. The average molecular weight is 473 g/mol. The standard InChI is InChI=1S/C19H18Cl2N2O6S/c1-3-28-19(25)13-9-12(5-6-14(13)21)22-18(24)17-10-23(30(2,26)27)15-8-11(20)4-7-16(15)29-17/h4-9,17H,3,10H2,1-2H3,(H,22,24).